The van der Waals surface area contributed by atoms with Crippen molar-refractivity contribution in [3.05, 3.63) is 23.3 Å². The van der Waals surface area contributed by atoms with Crippen LogP contribution in [-0.2, 0) is 4.74 Å². The number of phenolic OH excluding ortho intramolecular Hbond substituents is 1. The van der Waals surface area contributed by atoms with Crippen molar-refractivity contribution < 1.29 is 29.6 Å². The maximum atomic E-state index is 11.1. The third-order valence-corrected chi connectivity index (χ3v) is 1.78. The molecular formula is C9H8O6. The zero-order chi connectivity index (χ0) is 11.6. The lowest BCUT2D eigenvalue weighted by molar-refractivity contribution is 0.0594. The second-order valence-corrected chi connectivity index (χ2v) is 2.65. The minimum absolute atomic E-state index is 0.479. The first kappa shape index (κ1) is 10.8. The molecule has 0 aliphatic heterocycles. The average Bonchev–Trinajstić information content (AvgIpc) is 2.16. The van der Waals surface area contributed by atoms with Gasteiger partial charge in [-0.1, -0.05) is 0 Å². The van der Waals surface area contributed by atoms with Crippen molar-refractivity contribution in [3.8, 4) is 11.5 Å². The van der Waals surface area contributed by atoms with Gasteiger partial charge in [0.15, 0.2) is 0 Å². The van der Waals surface area contributed by atoms with Crippen molar-refractivity contribution in [1.29, 1.82) is 0 Å². The number of carboxylic acids is 1. The minimum Gasteiger partial charge on any atom is -0.507 e. The van der Waals surface area contributed by atoms with Gasteiger partial charge in [0.25, 0.3) is 0 Å². The van der Waals surface area contributed by atoms with E-state index < -0.39 is 34.6 Å². The Morgan fingerprint density at radius 1 is 1.27 bits per heavy atom. The zero-order valence-corrected chi connectivity index (χ0v) is 7.72. The van der Waals surface area contributed by atoms with E-state index in [9.17, 15) is 19.8 Å². The van der Waals surface area contributed by atoms with Crippen molar-refractivity contribution in [2.24, 2.45) is 0 Å². The van der Waals surface area contributed by atoms with Crippen LogP contribution in [0.4, 0.5) is 0 Å². The topological polar surface area (TPSA) is 104 Å². The molecule has 0 saturated heterocycles. The second kappa shape index (κ2) is 3.87. The number of phenols is 2. The molecule has 1 aromatic carbocycles. The van der Waals surface area contributed by atoms with Crippen LogP contribution in [0.2, 0.25) is 0 Å². The largest absolute Gasteiger partial charge is 0.507 e. The van der Waals surface area contributed by atoms with E-state index in [1.54, 1.807) is 0 Å². The Hall–Kier alpha value is -2.24. The summed E-state index contributed by atoms with van der Waals surface area (Å²) < 4.78 is 4.28. The number of hydrogen-bond acceptors (Lipinski definition) is 5. The fourth-order valence-electron chi connectivity index (χ4n) is 1.06. The van der Waals surface area contributed by atoms with Crippen molar-refractivity contribution in [3.63, 3.8) is 0 Å². The van der Waals surface area contributed by atoms with Gasteiger partial charge in [0.05, 0.1) is 7.11 Å². The fourth-order valence-corrected chi connectivity index (χ4v) is 1.06. The van der Waals surface area contributed by atoms with E-state index in [0.717, 1.165) is 19.2 Å². The third-order valence-electron chi connectivity index (χ3n) is 1.78. The molecule has 0 aliphatic rings. The average molecular weight is 212 g/mol. The summed E-state index contributed by atoms with van der Waals surface area (Å²) in [5.41, 5.74) is -1.04. The van der Waals surface area contributed by atoms with Gasteiger partial charge in [-0.05, 0) is 12.1 Å². The predicted molar refractivity (Wildman–Crippen MR) is 48.1 cm³/mol. The number of rotatable bonds is 2. The Kier molecular flexibility index (Phi) is 2.80. The Morgan fingerprint density at radius 3 is 2.33 bits per heavy atom. The van der Waals surface area contributed by atoms with Gasteiger partial charge in [-0.25, -0.2) is 9.59 Å². The number of ether oxygens (including phenoxy) is 1. The lowest BCUT2D eigenvalue weighted by Gasteiger charge is -2.07. The van der Waals surface area contributed by atoms with Gasteiger partial charge in [-0.15, -0.1) is 0 Å². The number of esters is 1. The number of carboxylic acid groups (broad SMARTS) is 1. The van der Waals surface area contributed by atoms with E-state index in [2.05, 4.69) is 4.74 Å². The Morgan fingerprint density at radius 2 is 1.87 bits per heavy atom. The summed E-state index contributed by atoms with van der Waals surface area (Å²) in [4.78, 5) is 21.7. The molecule has 0 bridgehead atoms. The maximum absolute atomic E-state index is 11.1. The normalized spacial score (nSPS) is 9.67. The lowest BCUT2D eigenvalue weighted by atomic mass is 10.1. The molecule has 3 N–H and O–H groups in total. The summed E-state index contributed by atoms with van der Waals surface area (Å²) in [5, 5.41) is 27.3. The first-order valence-corrected chi connectivity index (χ1v) is 3.85. The van der Waals surface area contributed by atoms with E-state index >= 15 is 0 Å². The van der Waals surface area contributed by atoms with Gasteiger partial charge in [-0.2, -0.15) is 0 Å². The van der Waals surface area contributed by atoms with Crippen LogP contribution < -0.4 is 0 Å². The van der Waals surface area contributed by atoms with Crippen LogP contribution in [0.1, 0.15) is 20.7 Å². The highest BCUT2D eigenvalue weighted by molar-refractivity contribution is 6.01. The van der Waals surface area contributed by atoms with Gasteiger partial charge < -0.3 is 20.1 Å². The van der Waals surface area contributed by atoms with Crippen molar-refractivity contribution in [1.82, 2.24) is 0 Å². The number of benzene rings is 1. The molecule has 0 spiro atoms. The molecule has 1 aromatic rings. The van der Waals surface area contributed by atoms with Crippen LogP contribution in [0.15, 0.2) is 12.1 Å². The number of methoxy groups -OCH3 is 1. The second-order valence-electron chi connectivity index (χ2n) is 2.65. The Balaban J connectivity index is 3.43. The molecule has 0 aromatic heterocycles. The number of carbonyl (C=O) groups excluding carboxylic acids is 1. The molecular weight excluding hydrogens is 204 g/mol. The predicted octanol–water partition coefficient (Wildman–Crippen LogP) is 0.583. The molecule has 0 fully saturated rings. The standard InChI is InChI=1S/C9H8O6/c1-15-9(14)6-5(10)3-2-4(7(6)11)8(12)13/h2-3,10-11H,1H3,(H,12,13). The summed E-state index contributed by atoms with van der Waals surface area (Å²) in [6.45, 7) is 0. The molecule has 0 aliphatic carbocycles. The van der Waals surface area contributed by atoms with Crippen LogP contribution in [0.3, 0.4) is 0 Å². The van der Waals surface area contributed by atoms with E-state index in [-0.39, 0.29) is 0 Å². The highest BCUT2D eigenvalue weighted by Crippen LogP contribution is 2.30. The fraction of sp³-hybridized carbons (Fsp3) is 0.111. The van der Waals surface area contributed by atoms with Gasteiger partial charge in [0.1, 0.15) is 22.6 Å². The highest BCUT2D eigenvalue weighted by atomic mass is 16.5. The highest BCUT2D eigenvalue weighted by Gasteiger charge is 2.22. The molecule has 80 valence electrons. The first-order valence-electron chi connectivity index (χ1n) is 3.85. The van der Waals surface area contributed by atoms with E-state index in [1.165, 1.54) is 0 Å². The molecule has 1 rings (SSSR count). The van der Waals surface area contributed by atoms with E-state index in [4.69, 9.17) is 5.11 Å². The zero-order valence-electron chi connectivity index (χ0n) is 7.72. The van der Waals surface area contributed by atoms with Crippen molar-refractivity contribution >= 4 is 11.9 Å². The van der Waals surface area contributed by atoms with Crippen LogP contribution in [-0.4, -0.2) is 34.4 Å². The van der Waals surface area contributed by atoms with Crippen molar-refractivity contribution in [2.45, 2.75) is 0 Å². The molecule has 0 radical (unpaired) electrons. The molecule has 0 heterocycles. The molecule has 0 atom stereocenters. The minimum atomic E-state index is -1.40. The van der Waals surface area contributed by atoms with Gasteiger partial charge >= 0.3 is 11.9 Å². The number of hydrogen-bond donors (Lipinski definition) is 3. The summed E-state index contributed by atoms with van der Waals surface area (Å²) in [5.74, 6) is -3.76. The SMILES string of the molecule is COC(=O)c1c(O)ccc(C(=O)O)c1O. The van der Waals surface area contributed by atoms with Gasteiger partial charge in [0.2, 0.25) is 0 Å². The summed E-state index contributed by atoms with van der Waals surface area (Å²) in [6.07, 6.45) is 0. The number of aromatic hydroxyl groups is 2. The molecule has 6 nitrogen and oxygen atoms in total. The number of aromatic carboxylic acids is 1. The number of carbonyl (C=O) groups is 2. The van der Waals surface area contributed by atoms with Gasteiger partial charge in [-0.3, -0.25) is 0 Å². The summed E-state index contributed by atoms with van der Waals surface area (Å²) in [7, 11) is 1.05. The maximum Gasteiger partial charge on any atom is 0.345 e. The first-order chi connectivity index (χ1) is 6.99. The van der Waals surface area contributed by atoms with E-state index in [0.29, 0.717) is 0 Å². The quantitative estimate of drug-likeness (QED) is 0.619. The molecule has 0 saturated carbocycles. The van der Waals surface area contributed by atoms with Crippen LogP contribution >= 0.6 is 0 Å². The summed E-state index contributed by atoms with van der Waals surface area (Å²) >= 11 is 0. The summed E-state index contributed by atoms with van der Waals surface area (Å²) in [6, 6.07) is 1.98. The molecule has 0 amide bonds. The monoisotopic (exact) mass is 212 g/mol. The molecule has 0 unspecified atom stereocenters. The van der Waals surface area contributed by atoms with Crippen LogP contribution in [0.5, 0.6) is 11.5 Å². The molecule has 6 heteroatoms. The van der Waals surface area contributed by atoms with Crippen LogP contribution in [0.25, 0.3) is 0 Å². The Labute approximate surface area is 84.3 Å². The van der Waals surface area contributed by atoms with E-state index in [1.807, 2.05) is 0 Å². The third kappa shape index (κ3) is 1.83. The van der Waals surface area contributed by atoms with Gasteiger partial charge in [0, 0.05) is 0 Å². The smallest absolute Gasteiger partial charge is 0.345 e. The van der Waals surface area contributed by atoms with Crippen molar-refractivity contribution in [2.75, 3.05) is 7.11 Å². The molecule has 15 heavy (non-hydrogen) atoms. The van der Waals surface area contributed by atoms with Crippen LogP contribution in [0, 0.1) is 0 Å². The Bertz CT molecular complexity index is 423. The lowest BCUT2D eigenvalue weighted by Crippen LogP contribution is -2.06.